The van der Waals surface area contributed by atoms with Gasteiger partial charge in [0.1, 0.15) is 0 Å². The molecule has 0 bridgehead atoms. The lowest BCUT2D eigenvalue weighted by atomic mass is 9.61. The molecule has 3 aliphatic carbocycles. The molecule has 30 heavy (non-hydrogen) atoms. The van der Waals surface area contributed by atoms with Crippen LogP contribution in [0.25, 0.3) is 0 Å². The Morgan fingerprint density at radius 1 is 1.07 bits per heavy atom. The molecule has 0 spiro atoms. The van der Waals surface area contributed by atoms with Gasteiger partial charge in [-0.05, 0) is 84.7 Å². The van der Waals surface area contributed by atoms with E-state index >= 15 is 0 Å². The predicted molar refractivity (Wildman–Crippen MR) is 127 cm³/mol. The van der Waals surface area contributed by atoms with Gasteiger partial charge in [-0.1, -0.05) is 71.1 Å². The Kier molecular flexibility index (Phi) is 7.51. The summed E-state index contributed by atoms with van der Waals surface area (Å²) in [7, 11) is 0. The zero-order chi connectivity index (χ0) is 22.1. The second-order valence-electron chi connectivity index (χ2n) is 11.0. The molecular weight excluding hydrogens is 368 g/mol. The number of allylic oxidation sites excluding steroid dienone is 5. The highest BCUT2D eigenvalue weighted by Crippen LogP contribution is 2.59. The molecule has 3 fully saturated rings. The van der Waals surface area contributed by atoms with Crippen LogP contribution in [0.5, 0.6) is 0 Å². The summed E-state index contributed by atoms with van der Waals surface area (Å²) in [5, 5.41) is 20.2. The van der Waals surface area contributed by atoms with E-state index in [-0.39, 0.29) is 0 Å². The summed E-state index contributed by atoms with van der Waals surface area (Å²) < 4.78 is 0. The zero-order valence-electron chi connectivity index (χ0n) is 19.9. The SMILES string of the molecule is C=C1C(=CC=C2CCC[C@]3(C)[C@@H]([C@H](C)/C=C/[C@H](C)C(C)C)CC[C@@H]23)C[C@H](O)C[C@@H]1O. The smallest absolute Gasteiger partial charge is 0.0811 e. The molecule has 0 amide bonds. The van der Waals surface area contributed by atoms with Crippen molar-refractivity contribution >= 4 is 0 Å². The highest BCUT2D eigenvalue weighted by atomic mass is 16.3. The van der Waals surface area contributed by atoms with Gasteiger partial charge in [-0.3, -0.25) is 0 Å². The first-order valence-electron chi connectivity index (χ1n) is 12.3. The number of hydrogen-bond donors (Lipinski definition) is 2. The maximum absolute atomic E-state index is 10.1. The average molecular weight is 413 g/mol. The Morgan fingerprint density at radius 2 is 1.80 bits per heavy atom. The molecule has 3 saturated carbocycles. The highest BCUT2D eigenvalue weighted by molar-refractivity contribution is 5.38. The van der Waals surface area contributed by atoms with Gasteiger partial charge in [0.15, 0.2) is 0 Å². The predicted octanol–water partition coefficient (Wildman–Crippen LogP) is 6.61. The van der Waals surface area contributed by atoms with Crippen molar-refractivity contribution in [3.05, 3.63) is 47.6 Å². The van der Waals surface area contributed by atoms with Crippen molar-refractivity contribution in [2.45, 2.75) is 91.8 Å². The third-order valence-electron chi connectivity index (χ3n) is 8.71. The van der Waals surface area contributed by atoms with Crippen molar-refractivity contribution in [1.29, 1.82) is 0 Å². The van der Waals surface area contributed by atoms with Crippen LogP contribution in [0.3, 0.4) is 0 Å². The third-order valence-corrected chi connectivity index (χ3v) is 8.71. The summed E-state index contributed by atoms with van der Waals surface area (Å²) in [5.74, 6) is 3.38. The van der Waals surface area contributed by atoms with Gasteiger partial charge in [0.25, 0.3) is 0 Å². The molecule has 168 valence electrons. The van der Waals surface area contributed by atoms with Gasteiger partial charge in [0, 0.05) is 6.42 Å². The van der Waals surface area contributed by atoms with Gasteiger partial charge in [-0.25, -0.2) is 0 Å². The van der Waals surface area contributed by atoms with Gasteiger partial charge >= 0.3 is 0 Å². The van der Waals surface area contributed by atoms with E-state index in [1.165, 1.54) is 32.1 Å². The molecule has 0 saturated heterocycles. The maximum atomic E-state index is 10.1. The minimum absolute atomic E-state index is 0.385. The largest absolute Gasteiger partial charge is 0.393 e. The zero-order valence-corrected chi connectivity index (χ0v) is 19.9. The van der Waals surface area contributed by atoms with Gasteiger partial charge in [-0.15, -0.1) is 0 Å². The van der Waals surface area contributed by atoms with Crippen molar-refractivity contribution in [1.82, 2.24) is 0 Å². The third kappa shape index (κ3) is 4.86. The fourth-order valence-electron chi connectivity index (χ4n) is 6.32. The van der Waals surface area contributed by atoms with Gasteiger partial charge < -0.3 is 10.2 Å². The molecule has 0 radical (unpaired) electrons. The molecule has 7 atom stereocenters. The molecule has 3 rings (SSSR count). The van der Waals surface area contributed by atoms with E-state index in [0.29, 0.717) is 41.9 Å². The van der Waals surface area contributed by atoms with E-state index in [2.05, 4.69) is 65.5 Å². The van der Waals surface area contributed by atoms with E-state index in [1.807, 2.05) is 0 Å². The number of aliphatic hydroxyl groups excluding tert-OH is 2. The Morgan fingerprint density at radius 3 is 2.50 bits per heavy atom. The van der Waals surface area contributed by atoms with Crippen LogP contribution in [0.2, 0.25) is 0 Å². The van der Waals surface area contributed by atoms with Crippen LogP contribution in [0.15, 0.2) is 47.6 Å². The first-order chi connectivity index (χ1) is 14.1. The van der Waals surface area contributed by atoms with Gasteiger partial charge in [0.2, 0.25) is 0 Å². The van der Waals surface area contributed by atoms with Gasteiger partial charge in [-0.2, -0.15) is 0 Å². The lowest BCUT2D eigenvalue weighted by Gasteiger charge is -2.44. The first-order valence-corrected chi connectivity index (χ1v) is 12.3. The Balaban J connectivity index is 1.76. The molecule has 0 aromatic rings. The van der Waals surface area contributed by atoms with Crippen LogP contribution < -0.4 is 0 Å². The molecule has 3 aliphatic rings. The van der Waals surface area contributed by atoms with E-state index < -0.39 is 12.2 Å². The van der Waals surface area contributed by atoms with Crippen molar-refractivity contribution in [3.8, 4) is 0 Å². The second-order valence-corrected chi connectivity index (χ2v) is 11.0. The summed E-state index contributed by atoms with van der Waals surface area (Å²) >= 11 is 0. The fourth-order valence-corrected chi connectivity index (χ4v) is 6.32. The normalized spacial score (nSPS) is 39.8. The molecular formula is C28H44O2. The molecule has 0 aliphatic heterocycles. The van der Waals surface area contributed by atoms with E-state index in [1.54, 1.807) is 5.57 Å². The maximum Gasteiger partial charge on any atom is 0.0811 e. The number of rotatable bonds is 5. The van der Waals surface area contributed by atoms with Gasteiger partial charge in [0.05, 0.1) is 12.2 Å². The average Bonchev–Trinajstić information content (AvgIpc) is 3.04. The Bertz CT molecular complexity index is 712. The number of hydrogen-bond acceptors (Lipinski definition) is 2. The van der Waals surface area contributed by atoms with Crippen molar-refractivity contribution in [3.63, 3.8) is 0 Å². The highest BCUT2D eigenvalue weighted by Gasteiger charge is 2.50. The number of aliphatic hydroxyl groups is 2. The fraction of sp³-hybridized carbons (Fsp3) is 0.714. The van der Waals surface area contributed by atoms with Crippen molar-refractivity contribution in [2.75, 3.05) is 0 Å². The van der Waals surface area contributed by atoms with Crippen molar-refractivity contribution in [2.24, 2.45) is 35.0 Å². The second kappa shape index (κ2) is 9.57. The van der Waals surface area contributed by atoms with Crippen LogP contribution in [-0.4, -0.2) is 22.4 Å². The quantitative estimate of drug-likeness (QED) is 0.499. The van der Waals surface area contributed by atoms with Crippen LogP contribution >= 0.6 is 0 Å². The molecule has 2 N–H and O–H groups in total. The summed E-state index contributed by atoms with van der Waals surface area (Å²) in [5.41, 5.74) is 3.77. The molecule has 2 heteroatoms. The Labute approximate surface area is 184 Å². The molecule has 2 nitrogen and oxygen atoms in total. The summed E-state index contributed by atoms with van der Waals surface area (Å²) in [6.07, 6.45) is 15.8. The lowest BCUT2D eigenvalue weighted by Crippen LogP contribution is -2.35. The topological polar surface area (TPSA) is 40.5 Å². The molecule has 0 heterocycles. The molecule has 0 unspecified atom stereocenters. The first kappa shape index (κ1) is 23.5. The van der Waals surface area contributed by atoms with Crippen LogP contribution in [0, 0.1) is 35.0 Å². The minimum Gasteiger partial charge on any atom is -0.393 e. The van der Waals surface area contributed by atoms with E-state index in [4.69, 9.17) is 0 Å². The van der Waals surface area contributed by atoms with Crippen LogP contribution in [0.4, 0.5) is 0 Å². The van der Waals surface area contributed by atoms with E-state index in [9.17, 15) is 10.2 Å². The Hall–Kier alpha value is -1.12. The van der Waals surface area contributed by atoms with Crippen LogP contribution in [0.1, 0.15) is 79.6 Å². The lowest BCUT2D eigenvalue weighted by molar-refractivity contribution is 0.0862. The van der Waals surface area contributed by atoms with E-state index in [0.717, 1.165) is 17.1 Å². The summed E-state index contributed by atoms with van der Waals surface area (Å²) in [4.78, 5) is 0. The summed E-state index contributed by atoms with van der Waals surface area (Å²) in [6.45, 7) is 16.0. The summed E-state index contributed by atoms with van der Waals surface area (Å²) in [6, 6.07) is 0. The standard InChI is InChI=1S/C28H44O2/c1-18(2)19(3)9-10-20(4)25-13-14-26-22(8-7-15-28(25,26)6)11-12-23-16-24(29)17-27(30)21(23)5/h9-12,18-20,24-27,29-30H,5,7-8,13-17H2,1-4,6H3/b10-9+,22-11?,23-12?/t19-,20+,24-,25+,26-,27-,28+/m0/s1. The van der Waals surface area contributed by atoms with Crippen molar-refractivity contribution < 1.29 is 10.2 Å². The molecule has 0 aromatic heterocycles. The monoisotopic (exact) mass is 412 g/mol. The number of fused-ring (bicyclic) bond motifs is 1. The minimum atomic E-state index is -0.605. The van der Waals surface area contributed by atoms with Crippen LogP contribution in [-0.2, 0) is 0 Å². The molecule has 0 aromatic carbocycles.